The summed E-state index contributed by atoms with van der Waals surface area (Å²) < 4.78 is 27.8. The van der Waals surface area contributed by atoms with E-state index >= 15 is 0 Å². The lowest BCUT2D eigenvalue weighted by Gasteiger charge is -2.17. The van der Waals surface area contributed by atoms with Crippen molar-refractivity contribution in [1.82, 2.24) is 5.32 Å². The first-order valence-corrected chi connectivity index (χ1v) is 8.13. The summed E-state index contributed by atoms with van der Waals surface area (Å²) in [5, 5.41) is 3.42. The van der Waals surface area contributed by atoms with Crippen LogP contribution in [0.15, 0.2) is 34.1 Å². The fraction of sp³-hybridized carbons (Fsp3) is 0.333. The molecule has 0 radical (unpaired) electrons. The molecule has 1 heterocycles. The molecule has 5 heteroatoms. The van der Waals surface area contributed by atoms with Crippen LogP contribution in [0.2, 0.25) is 0 Å². The number of nitrogens with one attached hydrogen (secondary N) is 1. The Balaban J connectivity index is 2.18. The molecule has 108 valence electrons. The summed E-state index contributed by atoms with van der Waals surface area (Å²) in [6, 6.07) is 7.83. The lowest BCUT2D eigenvalue weighted by molar-refractivity contribution is 0.514. The molecule has 0 spiro atoms. The van der Waals surface area contributed by atoms with Gasteiger partial charge in [0, 0.05) is 17.0 Å². The molecule has 1 atom stereocenters. The molecule has 0 fully saturated rings. The first-order chi connectivity index (χ1) is 9.60. The second-order valence-electron chi connectivity index (χ2n) is 4.59. The molecule has 0 saturated heterocycles. The van der Waals surface area contributed by atoms with Crippen molar-refractivity contribution in [3.63, 3.8) is 0 Å². The molecule has 0 saturated carbocycles. The van der Waals surface area contributed by atoms with E-state index in [-0.39, 0.29) is 6.04 Å². The maximum atomic E-state index is 13.8. The Kier molecular flexibility index (Phi) is 5.69. The molecule has 0 amide bonds. The van der Waals surface area contributed by atoms with Crippen molar-refractivity contribution in [2.45, 2.75) is 25.8 Å². The monoisotopic (exact) mass is 359 g/mol. The third-order valence-electron chi connectivity index (χ3n) is 3.02. The molecule has 2 rings (SSSR count). The Hall–Kier alpha value is -0.780. The highest BCUT2D eigenvalue weighted by atomic mass is 79.9. The topological polar surface area (TPSA) is 12.0 Å². The highest BCUT2D eigenvalue weighted by molar-refractivity contribution is 9.11. The predicted molar refractivity (Wildman–Crippen MR) is 83.1 cm³/mol. The molecule has 1 nitrogen and oxygen atoms in total. The van der Waals surface area contributed by atoms with Crippen LogP contribution in [0.25, 0.3) is 0 Å². The van der Waals surface area contributed by atoms with Gasteiger partial charge in [0.1, 0.15) is 11.6 Å². The van der Waals surface area contributed by atoms with E-state index < -0.39 is 11.6 Å². The zero-order valence-electron chi connectivity index (χ0n) is 11.1. The fourth-order valence-corrected chi connectivity index (χ4v) is 3.51. The Morgan fingerprint density at radius 3 is 2.65 bits per heavy atom. The van der Waals surface area contributed by atoms with Gasteiger partial charge in [-0.2, -0.15) is 0 Å². The average molecular weight is 360 g/mol. The second kappa shape index (κ2) is 7.29. The molecule has 0 aliphatic heterocycles. The van der Waals surface area contributed by atoms with E-state index in [0.29, 0.717) is 12.0 Å². The van der Waals surface area contributed by atoms with Crippen LogP contribution in [0, 0.1) is 11.6 Å². The van der Waals surface area contributed by atoms with Gasteiger partial charge in [0.2, 0.25) is 0 Å². The molecule has 0 aliphatic rings. The summed E-state index contributed by atoms with van der Waals surface area (Å²) in [6.07, 6.45) is 1.52. The summed E-state index contributed by atoms with van der Waals surface area (Å²) in [4.78, 5) is 1.15. The van der Waals surface area contributed by atoms with Gasteiger partial charge in [-0.1, -0.05) is 13.0 Å². The summed E-state index contributed by atoms with van der Waals surface area (Å²) >= 11 is 5.08. The van der Waals surface area contributed by atoms with E-state index in [9.17, 15) is 8.78 Å². The quantitative estimate of drug-likeness (QED) is 0.758. The summed E-state index contributed by atoms with van der Waals surface area (Å²) in [7, 11) is 0. The van der Waals surface area contributed by atoms with Crippen LogP contribution < -0.4 is 5.32 Å². The molecule has 20 heavy (non-hydrogen) atoms. The van der Waals surface area contributed by atoms with E-state index in [2.05, 4.69) is 28.2 Å². The average Bonchev–Trinajstić information content (AvgIpc) is 2.83. The summed E-state index contributed by atoms with van der Waals surface area (Å²) in [5.74, 6) is -1.02. The molecule has 0 aliphatic carbocycles. The van der Waals surface area contributed by atoms with E-state index in [1.54, 1.807) is 11.3 Å². The Bertz CT molecular complexity index is 571. The minimum Gasteiger partial charge on any atom is -0.309 e. The van der Waals surface area contributed by atoms with E-state index in [1.807, 2.05) is 12.1 Å². The van der Waals surface area contributed by atoms with Gasteiger partial charge in [-0.25, -0.2) is 8.78 Å². The van der Waals surface area contributed by atoms with Crippen LogP contribution in [-0.4, -0.2) is 6.54 Å². The summed E-state index contributed by atoms with van der Waals surface area (Å²) in [5.41, 5.74) is 0.532. The molecular formula is C15H16BrF2NS. The molecule has 0 bridgehead atoms. The zero-order valence-corrected chi connectivity index (χ0v) is 13.5. The second-order valence-corrected chi connectivity index (χ2v) is 7.08. The van der Waals surface area contributed by atoms with Crippen molar-refractivity contribution in [3.05, 3.63) is 56.2 Å². The number of hydrogen-bond acceptors (Lipinski definition) is 2. The van der Waals surface area contributed by atoms with Crippen molar-refractivity contribution >= 4 is 27.3 Å². The van der Waals surface area contributed by atoms with Crippen LogP contribution in [0.3, 0.4) is 0 Å². The predicted octanol–water partition coefficient (Wildman–Crippen LogP) is 5.07. The normalized spacial score (nSPS) is 12.6. The van der Waals surface area contributed by atoms with Crippen LogP contribution in [0.5, 0.6) is 0 Å². The number of halogens is 3. The van der Waals surface area contributed by atoms with Crippen LogP contribution in [0.4, 0.5) is 8.78 Å². The molecule has 1 unspecified atom stereocenters. The minimum absolute atomic E-state index is 0.0474. The maximum absolute atomic E-state index is 13.8. The highest BCUT2D eigenvalue weighted by Gasteiger charge is 2.16. The maximum Gasteiger partial charge on any atom is 0.129 e. The van der Waals surface area contributed by atoms with Gasteiger partial charge in [-0.3, -0.25) is 0 Å². The standard InChI is InChI=1S/C15H16BrF2NS/c1-2-7-19-13(14-5-6-15(16)20-14)8-10-3-4-11(17)9-12(10)18/h3-6,9,13,19H,2,7-8H2,1H3. The van der Waals surface area contributed by atoms with E-state index in [4.69, 9.17) is 0 Å². The first-order valence-electron chi connectivity index (χ1n) is 6.52. The van der Waals surface area contributed by atoms with E-state index in [0.717, 1.165) is 27.7 Å². The molecule has 2 aromatic rings. The summed E-state index contributed by atoms with van der Waals surface area (Å²) in [6.45, 7) is 2.95. The van der Waals surface area contributed by atoms with Crippen molar-refractivity contribution in [1.29, 1.82) is 0 Å². The van der Waals surface area contributed by atoms with Gasteiger partial charge < -0.3 is 5.32 Å². The van der Waals surface area contributed by atoms with Gasteiger partial charge in [-0.15, -0.1) is 11.3 Å². The lowest BCUT2D eigenvalue weighted by Crippen LogP contribution is -2.23. The van der Waals surface area contributed by atoms with E-state index in [1.165, 1.54) is 12.1 Å². The van der Waals surface area contributed by atoms with Crippen LogP contribution in [0.1, 0.15) is 29.8 Å². The number of thiophene rings is 1. The molecule has 1 aromatic carbocycles. The third kappa shape index (κ3) is 4.11. The smallest absolute Gasteiger partial charge is 0.129 e. The minimum atomic E-state index is -0.539. The lowest BCUT2D eigenvalue weighted by atomic mass is 10.0. The molecule has 1 aromatic heterocycles. The Labute approximate surface area is 130 Å². The van der Waals surface area contributed by atoms with Gasteiger partial charge >= 0.3 is 0 Å². The van der Waals surface area contributed by atoms with Gasteiger partial charge in [0.25, 0.3) is 0 Å². The zero-order chi connectivity index (χ0) is 14.5. The van der Waals surface area contributed by atoms with Crippen molar-refractivity contribution in [2.75, 3.05) is 6.54 Å². The first kappa shape index (κ1) is 15.6. The van der Waals surface area contributed by atoms with Crippen molar-refractivity contribution in [2.24, 2.45) is 0 Å². The SMILES string of the molecule is CCCNC(Cc1ccc(F)cc1F)c1ccc(Br)s1. The number of rotatable bonds is 6. The highest BCUT2D eigenvalue weighted by Crippen LogP contribution is 2.30. The Morgan fingerprint density at radius 1 is 1.25 bits per heavy atom. The van der Waals surface area contributed by atoms with Gasteiger partial charge in [-0.05, 0) is 59.1 Å². The van der Waals surface area contributed by atoms with Gasteiger partial charge in [0.15, 0.2) is 0 Å². The van der Waals surface area contributed by atoms with Crippen LogP contribution >= 0.6 is 27.3 Å². The number of hydrogen-bond donors (Lipinski definition) is 1. The van der Waals surface area contributed by atoms with Crippen molar-refractivity contribution in [3.8, 4) is 0 Å². The van der Waals surface area contributed by atoms with Crippen LogP contribution in [-0.2, 0) is 6.42 Å². The Morgan fingerprint density at radius 2 is 2.05 bits per heavy atom. The van der Waals surface area contributed by atoms with Crippen molar-refractivity contribution < 1.29 is 8.78 Å². The third-order valence-corrected chi connectivity index (χ3v) is 4.75. The number of benzene rings is 1. The molecular weight excluding hydrogens is 344 g/mol. The largest absolute Gasteiger partial charge is 0.309 e. The molecule has 1 N–H and O–H groups in total. The van der Waals surface area contributed by atoms with Gasteiger partial charge in [0.05, 0.1) is 3.79 Å². The fourth-order valence-electron chi connectivity index (χ4n) is 2.01.